The van der Waals surface area contributed by atoms with Crippen LogP contribution in [-0.2, 0) is 0 Å². The van der Waals surface area contributed by atoms with Gasteiger partial charge in [-0.15, -0.1) is 0 Å². The molecule has 0 aromatic carbocycles. The van der Waals surface area contributed by atoms with Crippen LogP contribution in [-0.4, -0.2) is 39.7 Å². The molecule has 0 fully saturated rings. The van der Waals surface area contributed by atoms with E-state index in [-0.39, 0.29) is 11.1 Å². The highest BCUT2D eigenvalue weighted by Crippen LogP contribution is 2.19. The number of nitrogens with one attached hydrogen (secondary N) is 2. The van der Waals surface area contributed by atoms with Crippen molar-refractivity contribution in [3.63, 3.8) is 0 Å². The first-order chi connectivity index (χ1) is 10.1. The molecular weight excluding hydrogens is 286 g/mol. The lowest BCUT2D eigenvalue weighted by molar-refractivity contribution is -0.969. The molecule has 0 radical (unpaired) electrons. The van der Waals surface area contributed by atoms with Crippen molar-refractivity contribution in [1.82, 2.24) is 10.6 Å². The second kappa shape index (κ2) is 11.7. The van der Waals surface area contributed by atoms with Crippen LogP contribution in [0.15, 0.2) is 0 Å². The molecule has 0 aliphatic rings. The lowest BCUT2D eigenvalue weighted by Crippen LogP contribution is -2.45. The summed E-state index contributed by atoms with van der Waals surface area (Å²) in [5, 5.41) is 36.4. The molecule has 0 amide bonds. The summed E-state index contributed by atoms with van der Waals surface area (Å²) in [6.07, 6.45) is 3.16. The average molecular weight is 314 g/mol. The largest absolute Gasteiger partial charge is 0.472 e. The lowest BCUT2D eigenvalue weighted by Gasteiger charge is -2.32. The first-order valence-electron chi connectivity index (χ1n) is 7.15. The third-order valence-electron chi connectivity index (χ3n) is 3.06. The average Bonchev–Trinajstić information content (AvgIpc) is 2.37. The van der Waals surface area contributed by atoms with Crippen molar-refractivity contribution in [3.8, 4) is 12.1 Å². The number of nitrogens with zero attached hydrogens (tertiary/aromatic N) is 3. The summed E-state index contributed by atoms with van der Waals surface area (Å²) in [5.74, 6) is 0. The highest BCUT2D eigenvalue weighted by molar-refractivity contribution is 4.86. The Hall–Kier alpha value is -1.90. The van der Waals surface area contributed by atoms with E-state index in [1.165, 1.54) is 0 Å². The number of nitriles is 2. The van der Waals surface area contributed by atoms with Gasteiger partial charge in [0.15, 0.2) is 0 Å². The van der Waals surface area contributed by atoms with Crippen molar-refractivity contribution in [2.24, 2.45) is 0 Å². The van der Waals surface area contributed by atoms with Crippen LogP contribution in [0.2, 0.25) is 0 Å². The van der Waals surface area contributed by atoms with E-state index in [1.54, 1.807) is 0 Å². The van der Waals surface area contributed by atoms with Gasteiger partial charge in [-0.2, -0.15) is 10.5 Å². The van der Waals surface area contributed by atoms with Gasteiger partial charge in [-0.25, -0.2) is 10.4 Å². The normalized spacial score (nSPS) is 10.8. The fourth-order valence-corrected chi connectivity index (χ4v) is 1.72. The monoisotopic (exact) mass is 314 g/mol. The van der Waals surface area contributed by atoms with Crippen molar-refractivity contribution in [3.05, 3.63) is 4.91 Å². The number of hydrogen-bond acceptors (Lipinski definition) is 5. The van der Waals surface area contributed by atoms with Crippen LogP contribution in [0.25, 0.3) is 0 Å². The Labute approximate surface area is 132 Å². The van der Waals surface area contributed by atoms with Gasteiger partial charge in [0.25, 0.3) is 0 Å². The van der Waals surface area contributed by atoms with Gasteiger partial charge in [0.1, 0.15) is 4.91 Å². The maximum absolute atomic E-state index is 8.52. The van der Waals surface area contributed by atoms with Gasteiger partial charge >= 0.3 is 5.09 Å². The van der Waals surface area contributed by atoms with Crippen molar-refractivity contribution in [2.75, 3.05) is 13.1 Å². The van der Waals surface area contributed by atoms with Crippen LogP contribution in [0.5, 0.6) is 0 Å². The van der Waals surface area contributed by atoms with Gasteiger partial charge in [-0.05, 0) is 40.5 Å². The molecule has 0 atom stereocenters. The Kier molecular flexibility index (Phi) is 11.9. The van der Waals surface area contributed by atoms with Crippen molar-refractivity contribution in [1.29, 1.82) is 10.5 Å². The molecule has 0 aliphatic carbocycles. The molecule has 0 aromatic heterocycles. The molecule has 0 saturated carbocycles. The Morgan fingerprint density at radius 2 is 1.18 bits per heavy atom. The topological polar surface area (TPSA) is 132 Å². The number of hydrogen-bond donors (Lipinski definition) is 4. The highest BCUT2D eigenvalue weighted by atomic mass is 16.9. The summed E-state index contributed by atoms with van der Waals surface area (Å²) < 4.78 is 0. The standard InChI is InChI=1S/C14H26N4.H2NO3/c1-13(2,17-11-5-9-15)7-8-14(3,4)18-12-6-10-16;2-1(3)4/h17-18H,5-8,11-12H2,1-4H3;(H2,2,3,4)/q;+1. The maximum atomic E-state index is 8.52. The van der Waals surface area contributed by atoms with E-state index in [0.717, 1.165) is 25.9 Å². The molecule has 126 valence electrons. The molecular formula is C14H28N5O3+. The van der Waals surface area contributed by atoms with Crippen molar-refractivity contribution in [2.45, 2.75) is 64.5 Å². The molecule has 0 spiro atoms. The summed E-state index contributed by atoms with van der Waals surface area (Å²) in [5.41, 5.74) is 0.0933. The minimum absolute atomic E-state index is 0.0467. The van der Waals surface area contributed by atoms with Crippen LogP contribution in [0, 0.1) is 27.6 Å². The third-order valence-corrected chi connectivity index (χ3v) is 3.06. The maximum Gasteiger partial charge on any atom is 0.472 e. The van der Waals surface area contributed by atoms with Crippen molar-refractivity contribution < 1.29 is 15.5 Å². The molecule has 0 rings (SSSR count). The number of rotatable bonds is 9. The summed E-state index contributed by atoms with van der Waals surface area (Å²) >= 11 is 0. The molecule has 0 heterocycles. The summed E-state index contributed by atoms with van der Waals surface area (Å²) in [6, 6.07) is 4.28. The Bertz CT molecular complexity index is 360. The molecule has 8 heteroatoms. The van der Waals surface area contributed by atoms with Gasteiger partial charge in [0, 0.05) is 37.0 Å². The second-order valence-electron chi connectivity index (χ2n) is 6.19. The zero-order chi connectivity index (χ0) is 17.6. The quantitative estimate of drug-likeness (QED) is 0.377. The first-order valence-corrected chi connectivity index (χ1v) is 7.15. The zero-order valence-electron chi connectivity index (χ0n) is 13.9. The van der Waals surface area contributed by atoms with Gasteiger partial charge in [0.2, 0.25) is 0 Å². The Morgan fingerprint density at radius 1 is 0.909 bits per heavy atom. The van der Waals surface area contributed by atoms with Gasteiger partial charge in [0.05, 0.1) is 12.1 Å². The van der Waals surface area contributed by atoms with E-state index < -0.39 is 5.09 Å². The van der Waals surface area contributed by atoms with Gasteiger partial charge in [-0.1, -0.05) is 0 Å². The zero-order valence-corrected chi connectivity index (χ0v) is 13.9. The summed E-state index contributed by atoms with van der Waals surface area (Å²) in [6.45, 7) is 10.1. The predicted molar refractivity (Wildman–Crippen MR) is 81.1 cm³/mol. The van der Waals surface area contributed by atoms with Crippen LogP contribution >= 0.6 is 0 Å². The van der Waals surface area contributed by atoms with E-state index in [9.17, 15) is 0 Å². The molecule has 0 aromatic rings. The third kappa shape index (κ3) is 18.1. The molecule has 0 saturated heterocycles. The minimum Gasteiger partial charge on any atom is -0.311 e. The SMILES string of the molecule is CC(C)(CCC(C)(C)NCCC#N)NCCC#N.O=[N+](O)O. The van der Waals surface area contributed by atoms with Gasteiger partial charge in [-0.3, -0.25) is 0 Å². The van der Waals surface area contributed by atoms with E-state index in [4.69, 9.17) is 25.8 Å². The highest BCUT2D eigenvalue weighted by Gasteiger charge is 2.23. The fourth-order valence-electron chi connectivity index (χ4n) is 1.72. The van der Waals surface area contributed by atoms with E-state index in [0.29, 0.717) is 12.8 Å². The molecule has 4 N–H and O–H groups in total. The Balaban J connectivity index is 0. The summed E-state index contributed by atoms with van der Waals surface area (Å²) in [7, 11) is 0. The molecule has 0 bridgehead atoms. The van der Waals surface area contributed by atoms with Crippen molar-refractivity contribution >= 4 is 0 Å². The van der Waals surface area contributed by atoms with E-state index in [1.807, 2.05) is 0 Å². The second-order valence-corrected chi connectivity index (χ2v) is 6.19. The van der Waals surface area contributed by atoms with Crippen LogP contribution in [0.3, 0.4) is 0 Å². The smallest absolute Gasteiger partial charge is 0.311 e. The first kappa shape index (κ1) is 22.4. The molecule has 0 unspecified atom stereocenters. The van der Waals surface area contributed by atoms with Crippen LogP contribution in [0.4, 0.5) is 0 Å². The lowest BCUT2D eigenvalue weighted by atomic mass is 9.89. The summed E-state index contributed by atoms with van der Waals surface area (Å²) in [4.78, 5) is 8.47. The molecule has 0 aliphatic heterocycles. The Morgan fingerprint density at radius 3 is 1.41 bits per heavy atom. The van der Waals surface area contributed by atoms with Gasteiger partial charge < -0.3 is 10.6 Å². The predicted octanol–water partition coefficient (Wildman–Crippen LogP) is 1.87. The van der Waals surface area contributed by atoms with E-state index >= 15 is 0 Å². The minimum atomic E-state index is -1.25. The van der Waals surface area contributed by atoms with Crippen LogP contribution in [0.1, 0.15) is 53.4 Å². The fraction of sp³-hybridized carbons (Fsp3) is 0.857. The van der Waals surface area contributed by atoms with Crippen LogP contribution < -0.4 is 10.6 Å². The molecule has 22 heavy (non-hydrogen) atoms. The van der Waals surface area contributed by atoms with E-state index in [2.05, 4.69) is 50.5 Å². The molecule has 8 nitrogen and oxygen atoms in total.